The van der Waals surface area contributed by atoms with E-state index in [1.807, 2.05) is 0 Å². The van der Waals surface area contributed by atoms with Crippen LogP contribution in [0, 0.1) is 18.6 Å². The molecule has 4 nitrogen and oxygen atoms in total. The predicted molar refractivity (Wildman–Crippen MR) is 88.1 cm³/mol. The van der Waals surface area contributed by atoms with Crippen molar-refractivity contribution < 1.29 is 18.3 Å². The molecule has 0 amide bonds. The first-order valence-corrected chi connectivity index (χ1v) is 7.10. The fourth-order valence-electron chi connectivity index (χ4n) is 2.33. The maximum Gasteiger partial charge on any atom is 0.271 e. The number of imidazole rings is 1. The summed E-state index contributed by atoms with van der Waals surface area (Å²) < 4.78 is 34.3. The van der Waals surface area contributed by atoms with Crippen molar-refractivity contribution in [2.45, 2.75) is 13.5 Å². The smallest absolute Gasteiger partial charge is 0.271 e. The van der Waals surface area contributed by atoms with E-state index < -0.39 is 16.9 Å². The van der Waals surface area contributed by atoms with Crippen LogP contribution in [-0.2, 0) is 6.61 Å². The number of hydrogen-bond donors (Lipinski definition) is 0. The molecule has 3 rings (SSSR count). The molecule has 1 aromatic carbocycles. The fraction of sp³-hybridized carbons (Fsp3) is 0.125. The van der Waals surface area contributed by atoms with Gasteiger partial charge in [0.1, 0.15) is 23.9 Å². The SMILES string of the molecule is Cc1nc2c(OCc3c(F)cccc3F)cccn2c1C(=O)Cl.Cl. The highest BCUT2D eigenvalue weighted by atomic mass is 35.5. The number of rotatable bonds is 4. The normalized spacial score (nSPS) is 10.5. The summed E-state index contributed by atoms with van der Waals surface area (Å²) in [6.07, 6.45) is 1.61. The zero-order chi connectivity index (χ0) is 16.6. The van der Waals surface area contributed by atoms with E-state index in [0.717, 1.165) is 12.1 Å². The molecule has 0 atom stereocenters. The van der Waals surface area contributed by atoms with E-state index in [1.165, 1.54) is 10.5 Å². The van der Waals surface area contributed by atoms with Crippen LogP contribution in [0.1, 0.15) is 21.7 Å². The number of halogens is 4. The van der Waals surface area contributed by atoms with Gasteiger partial charge in [-0.3, -0.25) is 9.20 Å². The van der Waals surface area contributed by atoms with E-state index in [0.29, 0.717) is 17.1 Å². The van der Waals surface area contributed by atoms with Gasteiger partial charge in [0.05, 0.1) is 11.3 Å². The maximum absolute atomic E-state index is 13.6. The molecule has 2 heterocycles. The molecule has 126 valence electrons. The van der Waals surface area contributed by atoms with Crippen molar-refractivity contribution in [3.63, 3.8) is 0 Å². The number of hydrogen-bond acceptors (Lipinski definition) is 3. The second-order valence-corrected chi connectivity index (χ2v) is 5.22. The number of carbonyl (C=O) groups excluding carboxylic acids is 1. The Morgan fingerprint density at radius 1 is 1.25 bits per heavy atom. The largest absolute Gasteiger partial charge is 0.485 e. The molecule has 24 heavy (non-hydrogen) atoms. The molecule has 3 aromatic rings. The summed E-state index contributed by atoms with van der Waals surface area (Å²) in [6, 6.07) is 6.83. The summed E-state index contributed by atoms with van der Waals surface area (Å²) in [6.45, 7) is 1.34. The van der Waals surface area contributed by atoms with Crippen molar-refractivity contribution in [1.29, 1.82) is 0 Å². The number of aromatic nitrogens is 2. The van der Waals surface area contributed by atoms with Gasteiger partial charge < -0.3 is 4.74 Å². The van der Waals surface area contributed by atoms with E-state index >= 15 is 0 Å². The first-order chi connectivity index (χ1) is 11.0. The molecule has 0 unspecified atom stereocenters. The number of carbonyl (C=O) groups is 1. The van der Waals surface area contributed by atoms with Crippen molar-refractivity contribution >= 4 is 34.9 Å². The van der Waals surface area contributed by atoms with Gasteiger partial charge in [-0.25, -0.2) is 13.8 Å². The Kier molecular flexibility index (Phi) is 5.41. The third-order valence-corrected chi connectivity index (χ3v) is 3.59. The van der Waals surface area contributed by atoms with Crippen LogP contribution in [0.5, 0.6) is 5.75 Å². The topological polar surface area (TPSA) is 43.6 Å². The lowest BCUT2D eigenvalue weighted by Gasteiger charge is -2.09. The molecule has 0 fully saturated rings. The number of fused-ring (bicyclic) bond motifs is 1. The monoisotopic (exact) mass is 372 g/mol. The Hall–Kier alpha value is -2.18. The molecule has 0 saturated heterocycles. The molecule has 0 bridgehead atoms. The predicted octanol–water partition coefficient (Wildman–Crippen LogP) is 4.30. The van der Waals surface area contributed by atoms with Gasteiger partial charge in [-0.15, -0.1) is 12.4 Å². The molecule has 0 radical (unpaired) electrons. The van der Waals surface area contributed by atoms with Gasteiger partial charge in [-0.2, -0.15) is 0 Å². The van der Waals surface area contributed by atoms with E-state index in [-0.39, 0.29) is 30.3 Å². The summed E-state index contributed by atoms with van der Waals surface area (Å²) in [4.78, 5) is 15.7. The van der Waals surface area contributed by atoms with Crippen LogP contribution in [0.2, 0.25) is 0 Å². The third-order valence-electron chi connectivity index (χ3n) is 3.41. The Labute approximate surface area is 147 Å². The lowest BCUT2D eigenvalue weighted by molar-refractivity contribution is 0.107. The molecule has 8 heteroatoms. The number of aryl methyl sites for hydroxylation is 1. The van der Waals surface area contributed by atoms with E-state index in [4.69, 9.17) is 16.3 Å². The average Bonchev–Trinajstić information content (AvgIpc) is 2.83. The number of pyridine rings is 1. The first kappa shape index (κ1) is 18.2. The highest BCUT2D eigenvalue weighted by molar-refractivity contribution is 6.67. The highest BCUT2D eigenvalue weighted by Crippen LogP contribution is 2.24. The van der Waals surface area contributed by atoms with Crippen LogP contribution in [0.15, 0.2) is 36.5 Å². The average molecular weight is 373 g/mol. The van der Waals surface area contributed by atoms with Crippen LogP contribution in [0.25, 0.3) is 5.65 Å². The Morgan fingerprint density at radius 2 is 1.92 bits per heavy atom. The molecule has 0 saturated carbocycles. The van der Waals surface area contributed by atoms with Gasteiger partial charge in [0.25, 0.3) is 5.24 Å². The van der Waals surface area contributed by atoms with Gasteiger partial charge in [-0.1, -0.05) is 6.07 Å². The number of nitrogens with zero attached hydrogens (tertiary/aromatic N) is 2. The molecule has 2 aromatic heterocycles. The zero-order valence-corrected chi connectivity index (χ0v) is 14.0. The van der Waals surface area contributed by atoms with Gasteiger partial charge in [0.2, 0.25) is 0 Å². The van der Waals surface area contributed by atoms with Crippen LogP contribution in [0.4, 0.5) is 8.78 Å². The fourth-order valence-corrected chi connectivity index (χ4v) is 2.55. The van der Waals surface area contributed by atoms with Crippen LogP contribution in [-0.4, -0.2) is 14.6 Å². The van der Waals surface area contributed by atoms with Crippen molar-refractivity contribution in [3.8, 4) is 5.75 Å². The van der Waals surface area contributed by atoms with Crippen LogP contribution < -0.4 is 4.74 Å². The van der Waals surface area contributed by atoms with E-state index in [2.05, 4.69) is 4.98 Å². The summed E-state index contributed by atoms with van der Waals surface area (Å²) >= 11 is 5.56. The van der Waals surface area contributed by atoms with Gasteiger partial charge in [-0.05, 0) is 42.8 Å². The molecule has 0 N–H and O–H groups in total. The highest BCUT2D eigenvalue weighted by Gasteiger charge is 2.17. The minimum atomic E-state index is -0.687. The minimum absolute atomic E-state index is 0. The van der Waals surface area contributed by atoms with Gasteiger partial charge in [0, 0.05) is 6.20 Å². The van der Waals surface area contributed by atoms with E-state index in [1.54, 1.807) is 25.3 Å². The molecule has 0 spiro atoms. The number of ether oxygens (including phenoxy) is 1. The summed E-state index contributed by atoms with van der Waals surface area (Å²) in [5, 5.41) is -0.646. The second-order valence-electron chi connectivity index (χ2n) is 4.87. The zero-order valence-electron chi connectivity index (χ0n) is 12.4. The van der Waals surface area contributed by atoms with Crippen LogP contribution in [0.3, 0.4) is 0 Å². The van der Waals surface area contributed by atoms with Crippen molar-refractivity contribution in [2.24, 2.45) is 0 Å². The molecule has 0 aliphatic heterocycles. The Bertz CT molecular complexity index is 892. The van der Waals surface area contributed by atoms with Gasteiger partial charge in [0.15, 0.2) is 11.4 Å². The first-order valence-electron chi connectivity index (χ1n) is 6.72. The Balaban J connectivity index is 0.00000208. The molecule has 0 aliphatic rings. The third kappa shape index (κ3) is 3.20. The summed E-state index contributed by atoms with van der Waals surface area (Å²) in [5.74, 6) is -1.08. The van der Waals surface area contributed by atoms with Crippen molar-refractivity contribution in [1.82, 2.24) is 9.38 Å². The van der Waals surface area contributed by atoms with Crippen LogP contribution >= 0.6 is 24.0 Å². The van der Waals surface area contributed by atoms with E-state index in [9.17, 15) is 13.6 Å². The molecular weight excluding hydrogens is 361 g/mol. The summed E-state index contributed by atoms with van der Waals surface area (Å²) in [7, 11) is 0. The second kappa shape index (κ2) is 7.15. The minimum Gasteiger partial charge on any atom is -0.485 e. The quantitative estimate of drug-likeness (QED) is 0.641. The Morgan fingerprint density at radius 3 is 2.54 bits per heavy atom. The summed E-state index contributed by atoms with van der Waals surface area (Å²) in [5.41, 5.74) is 0.847. The lowest BCUT2D eigenvalue weighted by Crippen LogP contribution is -2.03. The lowest BCUT2D eigenvalue weighted by atomic mass is 10.2. The molecule has 0 aliphatic carbocycles. The number of benzene rings is 1. The van der Waals surface area contributed by atoms with Crippen molar-refractivity contribution in [2.75, 3.05) is 0 Å². The standard InChI is InChI=1S/C16H11ClF2N2O2.ClH/c1-9-14(15(17)22)21-7-3-6-13(16(21)20-9)23-8-10-11(18)4-2-5-12(10)19;/h2-7H,8H2,1H3;1H. The maximum atomic E-state index is 13.6. The molecular formula is C16H12Cl2F2N2O2. The van der Waals surface area contributed by atoms with Crippen molar-refractivity contribution in [3.05, 3.63) is 65.1 Å². The van der Waals surface area contributed by atoms with Gasteiger partial charge >= 0.3 is 0 Å².